The molecule has 0 aromatic carbocycles. The number of carbonyl (C=O) groups is 1. The Kier molecular flexibility index (Phi) is 6.81. The fourth-order valence-electron chi connectivity index (χ4n) is 1.24. The monoisotopic (exact) mass is 241 g/mol. The minimum absolute atomic E-state index is 0.0858. The maximum absolute atomic E-state index is 12.0. The molecule has 98 valence electrons. The van der Waals surface area contributed by atoms with Crippen molar-refractivity contribution in [1.82, 2.24) is 15.5 Å². The lowest BCUT2D eigenvalue weighted by Gasteiger charge is -2.21. The summed E-state index contributed by atoms with van der Waals surface area (Å²) in [6.45, 7) is 6.63. The quantitative estimate of drug-likeness (QED) is 0.404. The van der Waals surface area contributed by atoms with Gasteiger partial charge in [0.05, 0.1) is 18.1 Å². The van der Waals surface area contributed by atoms with E-state index < -0.39 is 0 Å². The van der Waals surface area contributed by atoms with Crippen molar-refractivity contribution >= 4 is 5.78 Å². The number of carbonyl (C=O) groups excluding carboxylic acids is 1. The molecular formula is C11H23N5O. The molecular weight excluding hydrogens is 218 g/mol. The first-order valence-electron chi connectivity index (χ1n) is 5.45. The third kappa shape index (κ3) is 5.26. The lowest BCUT2D eigenvalue weighted by atomic mass is 10.2. The summed E-state index contributed by atoms with van der Waals surface area (Å²) in [5.74, 6) is 0.587. The Morgan fingerprint density at radius 1 is 1.47 bits per heavy atom. The van der Waals surface area contributed by atoms with E-state index in [1.54, 1.807) is 25.9 Å². The molecule has 6 N–H and O–H groups in total. The first-order valence-corrected chi connectivity index (χ1v) is 5.45. The Bertz CT molecular complexity index is 307. The molecule has 0 saturated heterocycles. The smallest absolute Gasteiger partial charge is 0.199 e. The van der Waals surface area contributed by atoms with E-state index in [4.69, 9.17) is 11.5 Å². The number of ketones is 1. The molecule has 0 rings (SSSR count). The highest BCUT2D eigenvalue weighted by molar-refractivity contribution is 5.97. The van der Waals surface area contributed by atoms with Gasteiger partial charge in [-0.25, -0.2) is 0 Å². The Labute approximate surface area is 103 Å². The third-order valence-corrected chi connectivity index (χ3v) is 2.25. The van der Waals surface area contributed by atoms with Gasteiger partial charge in [0.2, 0.25) is 0 Å². The van der Waals surface area contributed by atoms with E-state index in [0.29, 0.717) is 30.3 Å². The van der Waals surface area contributed by atoms with Crippen molar-refractivity contribution in [2.75, 3.05) is 33.7 Å². The summed E-state index contributed by atoms with van der Waals surface area (Å²) < 4.78 is 0. The number of likely N-dealkylation sites (N-methyl/N-ethyl adjacent to an activating group) is 1. The number of nitrogens with two attached hydrogens (primary N) is 2. The van der Waals surface area contributed by atoms with E-state index in [2.05, 4.69) is 17.2 Å². The molecule has 0 bridgehead atoms. The molecule has 0 aromatic rings. The molecule has 0 atom stereocenters. The molecule has 0 aliphatic heterocycles. The second-order valence-corrected chi connectivity index (χ2v) is 3.75. The summed E-state index contributed by atoms with van der Waals surface area (Å²) >= 11 is 0. The molecule has 0 amide bonds. The molecule has 17 heavy (non-hydrogen) atoms. The summed E-state index contributed by atoms with van der Waals surface area (Å²) in [5, 5.41) is 5.81. The lowest BCUT2D eigenvalue weighted by Crippen LogP contribution is -2.36. The zero-order valence-corrected chi connectivity index (χ0v) is 10.8. The van der Waals surface area contributed by atoms with Crippen LogP contribution in [0.2, 0.25) is 0 Å². The van der Waals surface area contributed by atoms with Gasteiger partial charge in [-0.05, 0) is 6.92 Å². The van der Waals surface area contributed by atoms with E-state index in [1.165, 1.54) is 0 Å². The summed E-state index contributed by atoms with van der Waals surface area (Å²) in [5.41, 5.74) is 11.9. The van der Waals surface area contributed by atoms with Gasteiger partial charge in [-0.3, -0.25) is 4.79 Å². The van der Waals surface area contributed by atoms with E-state index in [1.807, 2.05) is 0 Å². The average molecular weight is 241 g/mol. The third-order valence-electron chi connectivity index (χ3n) is 2.25. The van der Waals surface area contributed by atoms with Crippen LogP contribution in [0.5, 0.6) is 0 Å². The van der Waals surface area contributed by atoms with E-state index in [9.17, 15) is 4.79 Å². The highest BCUT2D eigenvalue weighted by Crippen LogP contribution is 2.00. The van der Waals surface area contributed by atoms with Gasteiger partial charge in [0.25, 0.3) is 0 Å². The number of hydrogen-bond acceptors (Lipinski definition) is 6. The number of nitrogens with zero attached hydrogens (tertiary/aromatic N) is 1. The van der Waals surface area contributed by atoms with Crippen molar-refractivity contribution < 1.29 is 4.79 Å². The number of allylic oxidation sites excluding steroid dienone is 1. The highest BCUT2D eigenvalue weighted by Gasteiger charge is 2.14. The second-order valence-electron chi connectivity index (χ2n) is 3.75. The topological polar surface area (TPSA) is 96.4 Å². The fourth-order valence-corrected chi connectivity index (χ4v) is 1.24. The van der Waals surface area contributed by atoms with Crippen LogP contribution in [0.3, 0.4) is 0 Å². The number of hydrogen-bond donors (Lipinski definition) is 4. The summed E-state index contributed by atoms with van der Waals surface area (Å²) in [7, 11) is 3.53. The Morgan fingerprint density at radius 3 is 2.47 bits per heavy atom. The molecule has 6 nitrogen and oxygen atoms in total. The summed E-state index contributed by atoms with van der Waals surface area (Å²) in [6, 6.07) is 0. The van der Waals surface area contributed by atoms with Gasteiger partial charge in [0.1, 0.15) is 0 Å². The van der Waals surface area contributed by atoms with Crippen LogP contribution in [-0.4, -0.2) is 44.4 Å². The van der Waals surface area contributed by atoms with Crippen molar-refractivity contribution in [2.45, 2.75) is 6.92 Å². The number of Topliss-reactive ketones (excluding diaryl/α,β-unsaturated/α-hetero) is 1. The Morgan fingerprint density at radius 2 is 2.06 bits per heavy atom. The van der Waals surface area contributed by atoms with Crippen LogP contribution in [-0.2, 0) is 4.79 Å². The molecule has 6 heteroatoms. The normalized spacial score (nSPS) is 11.5. The van der Waals surface area contributed by atoms with Crippen LogP contribution >= 0.6 is 0 Å². The van der Waals surface area contributed by atoms with Crippen LogP contribution in [0.4, 0.5) is 0 Å². The SMILES string of the molecule is C=C(NC)N(C)CC(=O)/C(NCCN)=C(\C)N. The average Bonchev–Trinajstić information content (AvgIpc) is 2.27. The second kappa shape index (κ2) is 7.56. The van der Waals surface area contributed by atoms with Gasteiger partial charge in [-0.15, -0.1) is 0 Å². The summed E-state index contributed by atoms with van der Waals surface area (Å²) in [4.78, 5) is 13.7. The molecule has 0 aliphatic rings. The van der Waals surface area contributed by atoms with E-state index in [0.717, 1.165) is 0 Å². The molecule has 0 saturated carbocycles. The minimum atomic E-state index is -0.0858. The number of rotatable bonds is 8. The first kappa shape index (κ1) is 15.3. The molecule has 0 aromatic heterocycles. The zero-order valence-electron chi connectivity index (χ0n) is 10.8. The van der Waals surface area contributed by atoms with E-state index >= 15 is 0 Å². The maximum atomic E-state index is 12.0. The van der Waals surface area contributed by atoms with Crippen molar-refractivity contribution in [3.05, 3.63) is 23.8 Å². The van der Waals surface area contributed by atoms with Crippen molar-refractivity contribution in [3.8, 4) is 0 Å². The molecule has 0 fully saturated rings. The first-order chi connectivity index (χ1) is 7.93. The standard InChI is InChI=1S/C11H23N5O/c1-8(13)11(15-6-5-12)10(17)7-16(4)9(2)14-3/h14-15H,2,5-7,12-13H2,1,3-4H3/b11-8-. The summed E-state index contributed by atoms with van der Waals surface area (Å²) in [6.07, 6.45) is 0. The van der Waals surface area contributed by atoms with Crippen molar-refractivity contribution in [3.63, 3.8) is 0 Å². The maximum Gasteiger partial charge on any atom is 0.199 e. The molecule has 0 unspecified atom stereocenters. The highest BCUT2D eigenvalue weighted by atomic mass is 16.1. The molecule has 0 aliphatic carbocycles. The molecule has 0 spiro atoms. The van der Waals surface area contributed by atoms with Crippen LogP contribution in [0, 0.1) is 0 Å². The van der Waals surface area contributed by atoms with Crippen molar-refractivity contribution in [1.29, 1.82) is 0 Å². The largest absolute Gasteiger partial charge is 0.401 e. The van der Waals surface area contributed by atoms with Crippen molar-refractivity contribution in [2.24, 2.45) is 11.5 Å². The van der Waals surface area contributed by atoms with Gasteiger partial charge in [0.15, 0.2) is 5.78 Å². The van der Waals surface area contributed by atoms with Gasteiger partial charge in [-0.2, -0.15) is 0 Å². The molecule has 0 radical (unpaired) electrons. The predicted octanol–water partition coefficient (Wildman–Crippen LogP) is -1.08. The van der Waals surface area contributed by atoms with Gasteiger partial charge >= 0.3 is 0 Å². The Hall–Kier alpha value is -1.69. The fraction of sp³-hybridized carbons (Fsp3) is 0.545. The molecule has 0 heterocycles. The van der Waals surface area contributed by atoms with Crippen LogP contribution in [0.15, 0.2) is 23.8 Å². The van der Waals surface area contributed by atoms with Crippen LogP contribution in [0.1, 0.15) is 6.92 Å². The van der Waals surface area contributed by atoms with Gasteiger partial charge in [0, 0.05) is 32.9 Å². The van der Waals surface area contributed by atoms with Gasteiger partial charge < -0.3 is 27.0 Å². The Balaban J connectivity index is 4.55. The zero-order chi connectivity index (χ0) is 13.4. The lowest BCUT2D eigenvalue weighted by molar-refractivity contribution is -0.116. The predicted molar refractivity (Wildman–Crippen MR) is 69.8 cm³/mol. The van der Waals surface area contributed by atoms with Gasteiger partial charge in [-0.1, -0.05) is 6.58 Å². The minimum Gasteiger partial charge on any atom is -0.401 e. The number of nitrogens with one attached hydrogen (secondary N) is 2. The van der Waals surface area contributed by atoms with Crippen LogP contribution < -0.4 is 22.1 Å². The van der Waals surface area contributed by atoms with Crippen LogP contribution in [0.25, 0.3) is 0 Å². The van der Waals surface area contributed by atoms with E-state index in [-0.39, 0.29) is 12.3 Å².